The van der Waals surface area contributed by atoms with Gasteiger partial charge in [-0.3, -0.25) is 0 Å². The van der Waals surface area contributed by atoms with Gasteiger partial charge in [0.15, 0.2) is 0 Å². The lowest BCUT2D eigenvalue weighted by Crippen LogP contribution is -1.73. The Hall–Kier alpha value is -0.120. The molecule has 0 amide bonds. The number of nitrogens with zero attached hydrogens (tertiary/aromatic N) is 1. The van der Waals surface area contributed by atoms with Crippen LogP contribution in [0.3, 0.4) is 0 Å². The summed E-state index contributed by atoms with van der Waals surface area (Å²) in [5.74, 6) is 0. The van der Waals surface area contributed by atoms with Crippen molar-refractivity contribution >= 4 is 23.9 Å². The molecule has 0 saturated carbocycles. The second kappa shape index (κ2) is 2.49. The van der Waals surface area contributed by atoms with Crippen LogP contribution in [-0.4, -0.2) is 0 Å². The summed E-state index contributed by atoms with van der Waals surface area (Å²) in [7, 11) is 0. The van der Waals surface area contributed by atoms with Gasteiger partial charge in [-0.1, -0.05) is 10.2 Å². The van der Waals surface area contributed by atoms with E-state index in [4.69, 9.17) is 0 Å². The molecule has 0 saturated heterocycles. The van der Waals surface area contributed by atoms with E-state index < -0.39 is 0 Å². The molecule has 3 heteroatoms. The van der Waals surface area contributed by atoms with Gasteiger partial charge in [-0.2, -0.15) is 0 Å². The van der Waals surface area contributed by atoms with Crippen LogP contribution in [0.5, 0.6) is 0 Å². The van der Waals surface area contributed by atoms with Crippen LogP contribution in [0.25, 0.3) is 0 Å². The fraction of sp³-hybridized carbons (Fsp3) is 0.143. The molecule has 1 aromatic rings. The molecule has 51 valence electrons. The van der Waals surface area contributed by atoms with E-state index in [1.807, 2.05) is 0 Å². The minimum Gasteiger partial charge on any atom is -0.0967 e. The molecule has 10 heavy (non-hydrogen) atoms. The summed E-state index contributed by atoms with van der Waals surface area (Å²) >= 11 is 3.13. The van der Waals surface area contributed by atoms with Crippen molar-refractivity contribution in [2.45, 2.75) is 16.7 Å². The van der Waals surface area contributed by atoms with Crippen molar-refractivity contribution in [3.8, 4) is 0 Å². The summed E-state index contributed by atoms with van der Waals surface area (Å²) in [5.41, 5.74) is 1.31. The number of fused-ring (bicyclic) bond motifs is 1. The zero-order chi connectivity index (χ0) is 6.97. The molecule has 1 aromatic carbocycles. The highest BCUT2D eigenvalue weighted by molar-refractivity contribution is 8.15. The third kappa shape index (κ3) is 1.05. The summed E-state index contributed by atoms with van der Waals surface area (Å²) in [6.45, 7) is 2.10. The summed E-state index contributed by atoms with van der Waals surface area (Å²) < 4.78 is 4.13. The molecule has 1 radical (unpaired) electrons. The SMILES string of the molecule is Cc1ccc2c(c1)S[N]S2. The van der Waals surface area contributed by atoms with E-state index in [2.05, 4.69) is 29.3 Å². The van der Waals surface area contributed by atoms with E-state index in [9.17, 15) is 0 Å². The molecular weight excluding hydrogens is 162 g/mol. The second-order valence-electron chi connectivity index (χ2n) is 2.21. The number of rotatable bonds is 0. The van der Waals surface area contributed by atoms with E-state index >= 15 is 0 Å². The molecule has 0 aliphatic carbocycles. The second-order valence-corrected chi connectivity index (χ2v) is 4.05. The molecule has 1 aliphatic rings. The Morgan fingerprint density at radius 2 is 2.00 bits per heavy atom. The van der Waals surface area contributed by atoms with Crippen LogP contribution in [0.15, 0.2) is 28.0 Å². The summed E-state index contributed by atoms with van der Waals surface area (Å²) in [6.07, 6.45) is 0. The van der Waals surface area contributed by atoms with Crippen LogP contribution in [0, 0.1) is 6.92 Å². The summed E-state index contributed by atoms with van der Waals surface area (Å²) in [5, 5.41) is 0. The van der Waals surface area contributed by atoms with Crippen molar-refractivity contribution in [3.05, 3.63) is 23.8 Å². The third-order valence-corrected chi connectivity index (χ3v) is 3.18. The van der Waals surface area contributed by atoms with Crippen LogP contribution in [0.2, 0.25) is 0 Å². The minimum absolute atomic E-state index is 1.29. The Morgan fingerprint density at radius 1 is 1.20 bits per heavy atom. The summed E-state index contributed by atoms with van der Waals surface area (Å²) in [4.78, 5) is 2.58. The molecule has 2 rings (SSSR count). The first-order chi connectivity index (χ1) is 4.86. The first-order valence-electron chi connectivity index (χ1n) is 3.01. The Bertz CT molecular complexity index is 260. The van der Waals surface area contributed by atoms with Crippen LogP contribution in [-0.2, 0) is 0 Å². The van der Waals surface area contributed by atoms with Gasteiger partial charge in [0.1, 0.15) is 0 Å². The first kappa shape index (κ1) is 6.58. The fourth-order valence-corrected chi connectivity index (χ4v) is 2.55. The zero-order valence-electron chi connectivity index (χ0n) is 5.50. The predicted octanol–water partition coefficient (Wildman–Crippen LogP) is 2.63. The highest BCUT2D eigenvalue weighted by Crippen LogP contribution is 2.38. The monoisotopic (exact) mass is 168 g/mol. The largest absolute Gasteiger partial charge is 0.0967 e. The maximum atomic E-state index is 4.13. The van der Waals surface area contributed by atoms with Gasteiger partial charge in [-0.25, -0.2) is 0 Å². The molecule has 1 aliphatic heterocycles. The van der Waals surface area contributed by atoms with Crippen molar-refractivity contribution in [1.82, 2.24) is 4.13 Å². The van der Waals surface area contributed by atoms with Crippen LogP contribution in [0.1, 0.15) is 5.56 Å². The maximum Gasteiger partial charge on any atom is 0.0405 e. The van der Waals surface area contributed by atoms with E-state index in [0.717, 1.165) is 0 Å². The van der Waals surface area contributed by atoms with Gasteiger partial charge >= 0.3 is 0 Å². The van der Waals surface area contributed by atoms with E-state index in [-0.39, 0.29) is 0 Å². The van der Waals surface area contributed by atoms with Crippen molar-refractivity contribution in [2.75, 3.05) is 0 Å². The van der Waals surface area contributed by atoms with Gasteiger partial charge in [0.05, 0.1) is 0 Å². The number of hydrogen-bond donors (Lipinski definition) is 0. The normalized spacial score (nSPS) is 15.3. The molecule has 0 fully saturated rings. The molecule has 0 bridgehead atoms. The van der Waals surface area contributed by atoms with Crippen molar-refractivity contribution < 1.29 is 0 Å². The maximum absolute atomic E-state index is 4.13. The topological polar surface area (TPSA) is 14.1 Å². The van der Waals surface area contributed by atoms with Gasteiger partial charge in [0.25, 0.3) is 0 Å². The fourth-order valence-electron chi connectivity index (χ4n) is 0.861. The molecular formula is C7H6NS2. The lowest BCUT2D eigenvalue weighted by Gasteiger charge is -1.94. The zero-order valence-corrected chi connectivity index (χ0v) is 7.13. The van der Waals surface area contributed by atoms with Gasteiger partial charge in [0.2, 0.25) is 0 Å². The lowest BCUT2D eigenvalue weighted by molar-refractivity contribution is 1.23. The molecule has 0 aromatic heterocycles. The van der Waals surface area contributed by atoms with Gasteiger partial charge in [-0.15, -0.1) is 0 Å². The number of hydrogen-bond acceptors (Lipinski definition) is 2. The third-order valence-electron chi connectivity index (χ3n) is 1.37. The first-order valence-corrected chi connectivity index (χ1v) is 4.56. The molecule has 1 nitrogen and oxygen atoms in total. The smallest absolute Gasteiger partial charge is 0.0405 e. The standard InChI is InChI=1S/C7H6NS2/c1-5-2-3-6-7(4-5)10-8-9-6/h2-4H,1H3. The highest BCUT2D eigenvalue weighted by Gasteiger charge is 2.12. The van der Waals surface area contributed by atoms with Crippen molar-refractivity contribution in [3.63, 3.8) is 0 Å². The number of benzene rings is 1. The number of aryl methyl sites for hydroxylation is 1. The summed E-state index contributed by atoms with van der Waals surface area (Å²) in [6, 6.07) is 6.41. The molecule has 0 N–H and O–H groups in total. The van der Waals surface area contributed by atoms with Crippen LogP contribution in [0.4, 0.5) is 0 Å². The van der Waals surface area contributed by atoms with Gasteiger partial charge < -0.3 is 0 Å². The Morgan fingerprint density at radius 3 is 2.90 bits per heavy atom. The molecule has 1 heterocycles. The average Bonchev–Trinajstić information content (AvgIpc) is 2.33. The quantitative estimate of drug-likeness (QED) is 0.553. The van der Waals surface area contributed by atoms with E-state index in [1.165, 1.54) is 15.4 Å². The predicted molar refractivity (Wildman–Crippen MR) is 45.0 cm³/mol. The van der Waals surface area contributed by atoms with E-state index in [1.54, 1.807) is 23.9 Å². The van der Waals surface area contributed by atoms with Gasteiger partial charge in [0, 0.05) is 9.79 Å². The molecule has 0 spiro atoms. The minimum atomic E-state index is 1.29. The lowest BCUT2D eigenvalue weighted by atomic mass is 10.2. The average molecular weight is 168 g/mol. The highest BCUT2D eigenvalue weighted by atomic mass is 32.2. The van der Waals surface area contributed by atoms with E-state index in [0.29, 0.717) is 0 Å². The van der Waals surface area contributed by atoms with Crippen LogP contribution >= 0.6 is 23.9 Å². The Labute approximate surface area is 68.9 Å². The molecule has 0 unspecified atom stereocenters. The van der Waals surface area contributed by atoms with Crippen molar-refractivity contribution in [2.24, 2.45) is 0 Å². The van der Waals surface area contributed by atoms with Crippen molar-refractivity contribution in [1.29, 1.82) is 0 Å². The Kier molecular flexibility index (Phi) is 1.64. The molecule has 0 atom stereocenters. The van der Waals surface area contributed by atoms with Crippen LogP contribution < -0.4 is 4.13 Å². The van der Waals surface area contributed by atoms with Gasteiger partial charge in [-0.05, 0) is 48.5 Å². The Balaban J connectivity index is 2.52.